The van der Waals surface area contributed by atoms with E-state index in [1.54, 1.807) is 30.3 Å². The lowest BCUT2D eigenvalue weighted by molar-refractivity contribution is 0.102. The molecule has 0 heterocycles. The van der Waals surface area contributed by atoms with Crippen LogP contribution in [0.25, 0.3) is 0 Å². The van der Waals surface area contributed by atoms with Crippen LogP contribution < -0.4 is 0 Å². The van der Waals surface area contributed by atoms with E-state index < -0.39 is 10.8 Å². The van der Waals surface area contributed by atoms with E-state index >= 15 is 0 Å². The molecule has 4 heteroatoms. The maximum absolute atomic E-state index is 12.2. The lowest BCUT2D eigenvalue weighted by atomic mass is 10.0. The molecule has 0 fully saturated rings. The summed E-state index contributed by atoms with van der Waals surface area (Å²) in [6.07, 6.45) is 0. The molecule has 1 atom stereocenters. The summed E-state index contributed by atoms with van der Waals surface area (Å²) < 4.78 is 12.2. The molecule has 0 aliphatic heterocycles. The fourth-order valence-electron chi connectivity index (χ4n) is 1.82. The molecule has 0 aromatic heterocycles. The standard InChI is InChI=1S/C16H15ClO2S/c1-11-7-8-13(9-12(11)2)15(18)10-20(19)16-6-4-3-5-14(16)17/h3-9H,10H2,1-2H3. The molecule has 0 saturated heterocycles. The Morgan fingerprint density at radius 3 is 2.45 bits per heavy atom. The smallest absolute Gasteiger partial charge is 0.175 e. The van der Waals surface area contributed by atoms with Gasteiger partial charge in [0, 0.05) is 5.56 Å². The van der Waals surface area contributed by atoms with Gasteiger partial charge in [0.05, 0.1) is 26.5 Å². The fraction of sp³-hybridized carbons (Fsp3) is 0.188. The van der Waals surface area contributed by atoms with Crippen LogP contribution in [0, 0.1) is 13.8 Å². The van der Waals surface area contributed by atoms with E-state index in [0.717, 1.165) is 11.1 Å². The molecule has 0 bridgehead atoms. The van der Waals surface area contributed by atoms with E-state index in [9.17, 15) is 9.00 Å². The molecule has 2 rings (SSSR count). The molecular weight excluding hydrogens is 292 g/mol. The summed E-state index contributed by atoms with van der Waals surface area (Å²) >= 11 is 5.99. The first-order valence-corrected chi connectivity index (χ1v) is 7.92. The zero-order valence-electron chi connectivity index (χ0n) is 11.4. The largest absolute Gasteiger partial charge is 0.293 e. The van der Waals surface area contributed by atoms with Crippen molar-refractivity contribution in [3.05, 3.63) is 64.2 Å². The molecule has 0 radical (unpaired) electrons. The zero-order valence-corrected chi connectivity index (χ0v) is 12.9. The van der Waals surface area contributed by atoms with Gasteiger partial charge in [-0.15, -0.1) is 0 Å². The number of hydrogen-bond donors (Lipinski definition) is 0. The minimum atomic E-state index is -1.42. The Balaban J connectivity index is 2.17. The van der Waals surface area contributed by atoms with Crippen molar-refractivity contribution < 1.29 is 9.00 Å². The summed E-state index contributed by atoms with van der Waals surface area (Å²) in [7, 11) is -1.42. The Bertz CT molecular complexity index is 680. The van der Waals surface area contributed by atoms with Crippen molar-refractivity contribution in [3.8, 4) is 0 Å². The third kappa shape index (κ3) is 3.35. The predicted octanol–water partition coefficient (Wildman–Crippen LogP) is 3.95. The highest BCUT2D eigenvalue weighted by Crippen LogP contribution is 2.20. The first-order chi connectivity index (χ1) is 9.49. The number of aryl methyl sites for hydroxylation is 2. The highest BCUT2D eigenvalue weighted by Gasteiger charge is 2.14. The number of rotatable bonds is 4. The van der Waals surface area contributed by atoms with E-state index in [1.165, 1.54) is 0 Å². The van der Waals surface area contributed by atoms with Gasteiger partial charge in [0.2, 0.25) is 0 Å². The Morgan fingerprint density at radius 2 is 1.80 bits per heavy atom. The number of carbonyl (C=O) groups excluding carboxylic acids is 1. The molecule has 1 unspecified atom stereocenters. The van der Waals surface area contributed by atoms with Crippen LogP contribution in [0.2, 0.25) is 5.02 Å². The van der Waals surface area contributed by atoms with Gasteiger partial charge in [0.25, 0.3) is 0 Å². The summed E-state index contributed by atoms with van der Waals surface area (Å²) in [4.78, 5) is 12.7. The molecule has 0 saturated carbocycles. The van der Waals surface area contributed by atoms with E-state index in [-0.39, 0.29) is 11.5 Å². The first kappa shape index (κ1) is 14.9. The molecule has 2 nitrogen and oxygen atoms in total. The van der Waals surface area contributed by atoms with E-state index in [1.807, 2.05) is 26.0 Å². The minimum Gasteiger partial charge on any atom is -0.293 e. The van der Waals surface area contributed by atoms with Crippen LogP contribution in [-0.2, 0) is 10.8 Å². The van der Waals surface area contributed by atoms with Gasteiger partial charge in [-0.05, 0) is 43.2 Å². The molecule has 0 amide bonds. The second-order valence-corrected chi connectivity index (χ2v) is 6.47. The summed E-state index contributed by atoms with van der Waals surface area (Å²) in [6.45, 7) is 3.95. The second-order valence-electron chi connectivity index (χ2n) is 4.64. The van der Waals surface area contributed by atoms with Gasteiger partial charge in [0.1, 0.15) is 0 Å². The van der Waals surface area contributed by atoms with E-state index in [4.69, 9.17) is 11.6 Å². The fourth-order valence-corrected chi connectivity index (χ4v) is 3.29. The summed E-state index contributed by atoms with van der Waals surface area (Å²) in [5, 5.41) is 0.429. The van der Waals surface area contributed by atoms with Crippen LogP contribution in [-0.4, -0.2) is 15.7 Å². The molecule has 2 aromatic rings. The van der Waals surface area contributed by atoms with Gasteiger partial charge in [-0.2, -0.15) is 0 Å². The van der Waals surface area contributed by atoms with Crippen LogP contribution in [0.5, 0.6) is 0 Å². The van der Waals surface area contributed by atoms with Gasteiger partial charge < -0.3 is 0 Å². The van der Waals surface area contributed by atoms with Crippen molar-refractivity contribution in [2.24, 2.45) is 0 Å². The summed E-state index contributed by atoms with van der Waals surface area (Å²) in [5.74, 6) is -0.182. The topological polar surface area (TPSA) is 34.1 Å². The Kier molecular flexibility index (Phi) is 4.73. The maximum Gasteiger partial charge on any atom is 0.175 e. The normalized spacial score (nSPS) is 12.2. The van der Waals surface area contributed by atoms with Gasteiger partial charge in [-0.25, -0.2) is 0 Å². The quantitative estimate of drug-likeness (QED) is 0.802. The SMILES string of the molecule is Cc1ccc(C(=O)CS(=O)c2ccccc2Cl)cc1C. The molecule has 0 spiro atoms. The zero-order chi connectivity index (χ0) is 14.7. The third-order valence-corrected chi connectivity index (χ3v) is 4.99. The minimum absolute atomic E-state index is 0.0494. The molecule has 104 valence electrons. The number of halogens is 1. The average Bonchev–Trinajstić information content (AvgIpc) is 2.42. The van der Waals surface area contributed by atoms with E-state index in [2.05, 4.69) is 0 Å². The van der Waals surface area contributed by atoms with Crippen LogP contribution in [0.3, 0.4) is 0 Å². The van der Waals surface area contributed by atoms with Gasteiger partial charge in [0.15, 0.2) is 5.78 Å². The van der Waals surface area contributed by atoms with Crippen molar-refractivity contribution >= 4 is 28.2 Å². The molecule has 0 N–H and O–H groups in total. The molecule has 20 heavy (non-hydrogen) atoms. The molecular formula is C16H15ClO2S. The van der Waals surface area contributed by atoms with E-state index in [0.29, 0.717) is 15.5 Å². The predicted molar refractivity (Wildman–Crippen MR) is 83.0 cm³/mol. The average molecular weight is 307 g/mol. The molecule has 0 aliphatic carbocycles. The number of ketones is 1. The monoisotopic (exact) mass is 306 g/mol. The summed E-state index contributed by atoms with van der Waals surface area (Å²) in [6, 6.07) is 12.4. The van der Waals surface area contributed by atoms with Crippen molar-refractivity contribution in [1.29, 1.82) is 0 Å². The number of carbonyl (C=O) groups is 1. The Labute approximate surface area is 126 Å². The highest BCUT2D eigenvalue weighted by molar-refractivity contribution is 7.86. The van der Waals surface area contributed by atoms with Crippen molar-refractivity contribution in [3.63, 3.8) is 0 Å². The van der Waals surface area contributed by atoms with Crippen LogP contribution >= 0.6 is 11.6 Å². The van der Waals surface area contributed by atoms with Crippen LogP contribution in [0.15, 0.2) is 47.4 Å². The second kappa shape index (κ2) is 6.33. The Morgan fingerprint density at radius 1 is 1.10 bits per heavy atom. The van der Waals surface area contributed by atoms with Gasteiger partial charge in [-0.1, -0.05) is 35.9 Å². The lowest BCUT2D eigenvalue weighted by Crippen LogP contribution is -2.11. The van der Waals surface area contributed by atoms with Gasteiger partial charge in [-0.3, -0.25) is 9.00 Å². The molecule has 2 aromatic carbocycles. The van der Waals surface area contributed by atoms with Crippen LogP contribution in [0.4, 0.5) is 0 Å². The van der Waals surface area contributed by atoms with Crippen molar-refractivity contribution in [2.45, 2.75) is 18.7 Å². The lowest BCUT2D eigenvalue weighted by Gasteiger charge is -2.06. The maximum atomic E-state index is 12.2. The van der Waals surface area contributed by atoms with Crippen LogP contribution in [0.1, 0.15) is 21.5 Å². The Hall–Kier alpha value is -1.45. The van der Waals surface area contributed by atoms with Gasteiger partial charge >= 0.3 is 0 Å². The van der Waals surface area contributed by atoms with Crippen molar-refractivity contribution in [2.75, 3.05) is 5.75 Å². The summed E-state index contributed by atoms with van der Waals surface area (Å²) in [5.41, 5.74) is 2.78. The number of Topliss-reactive ketones (excluding diaryl/α,β-unsaturated/α-hetero) is 1. The first-order valence-electron chi connectivity index (χ1n) is 6.22. The van der Waals surface area contributed by atoms with Crippen molar-refractivity contribution in [1.82, 2.24) is 0 Å². The third-order valence-electron chi connectivity index (χ3n) is 3.17. The molecule has 0 aliphatic rings. The highest BCUT2D eigenvalue weighted by atomic mass is 35.5. The number of benzene rings is 2. The number of hydrogen-bond acceptors (Lipinski definition) is 2.